The van der Waals surface area contributed by atoms with Crippen LogP contribution in [0.4, 0.5) is 0 Å². The number of carbonyl (C=O) groups is 1. The van der Waals surface area contributed by atoms with Crippen LogP contribution in [0.2, 0.25) is 0 Å². The monoisotopic (exact) mass is 316 g/mol. The number of fused-ring (bicyclic) bond motifs is 1. The van der Waals surface area contributed by atoms with E-state index in [1.165, 1.54) is 0 Å². The molecule has 3 heterocycles. The summed E-state index contributed by atoms with van der Waals surface area (Å²) in [5, 5.41) is 4.93. The molecule has 2 aliphatic heterocycles. The maximum absolute atomic E-state index is 12.8. The molecule has 2 aliphatic rings. The van der Waals surface area contributed by atoms with E-state index >= 15 is 0 Å². The van der Waals surface area contributed by atoms with Crippen molar-refractivity contribution in [1.29, 1.82) is 0 Å². The Bertz CT molecular complexity index is 728. The molecule has 0 radical (unpaired) electrons. The predicted octanol–water partition coefficient (Wildman–Crippen LogP) is 2.16. The number of ether oxygens (including phenoxy) is 2. The fourth-order valence-corrected chi connectivity index (χ4v) is 3.79. The number of hydrogen-bond acceptors (Lipinski definition) is 5. The van der Waals surface area contributed by atoms with Gasteiger partial charge in [0.15, 0.2) is 5.58 Å². The molecule has 2 fully saturated rings. The average Bonchev–Trinajstić information content (AvgIpc) is 3.29. The zero-order valence-corrected chi connectivity index (χ0v) is 13.2. The second kappa shape index (κ2) is 5.53. The number of likely N-dealkylation sites (tertiary alicyclic amines) is 1. The smallest absolute Gasteiger partial charge is 0.229 e. The molecule has 0 N–H and O–H groups in total. The highest BCUT2D eigenvalue weighted by molar-refractivity contribution is 5.87. The summed E-state index contributed by atoms with van der Waals surface area (Å²) in [5.41, 5.74) is 1.26. The summed E-state index contributed by atoms with van der Waals surface area (Å²) in [5.74, 6) is 0.835. The average molecular weight is 316 g/mol. The van der Waals surface area contributed by atoms with Crippen molar-refractivity contribution in [3.05, 3.63) is 23.9 Å². The summed E-state index contributed by atoms with van der Waals surface area (Å²) in [7, 11) is 1.62. The first-order valence-corrected chi connectivity index (χ1v) is 8.02. The van der Waals surface area contributed by atoms with Gasteiger partial charge in [-0.15, -0.1) is 0 Å². The molecule has 0 aliphatic carbocycles. The zero-order chi connectivity index (χ0) is 15.9. The minimum absolute atomic E-state index is 0.0890. The van der Waals surface area contributed by atoms with Gasteiger partial charge in [0.25, 0.3) is 0 Å². The van der Waals surface area contributed by atoms with Crippen LogP contribution in [0, 0.1) is 0 Å². The van der Waals surface area contributed by atoms with Gasteiger partial charge in [-0.25, -0.2) is 0 Å². The predicted molar refractivity (Wildman–Crippen MR) is 83.4 cm³/mol. The molecule has 4 rings (SSSR count). The van der Waals surface area contributed by atoms with Crippen LogP contribution >= 0.6 is 0 Å². The highest BCUT2D eigenvalue weighted by atomic mass is 16.5. The molecule has 1 atom stereocenters. The van der Waals surface area contributed by atoms with Crippen LogP contribution in [0.5, 0.6) is 5.75 Å². The van der Waals surface area contributed by atoms with Crippen LogP contribution in [0.3, 0.4) is 0 Å². The third kappa shape index (κ3) is 2.37. The summed E-state index contributed by atoms with van der Waals surface area (Å²) < 4.78 is 16.1. The molecule has 122 valence electrons. The standard InChI is InChI=1S/C17H20N2O4/c1-21-12-3-4-15-13(9-12)14(18-23-15)10-16(20)19-7-2-5-17(19)6-8-22-11-17/h3-4,9H,2,5-8,10-11H2,1H3/t17-/m0/s1. The molecule has 6 nitrogen and oxygen atoms in total. The Balaban J connectivity index is 1.59. The van der Waals surface area contributed by atoms with Gasteiger partial charge in [-0.1, -0.05) is 5.16 Å². The summed E-state index contributed by atoms with van der Waals surface area (Å²) in [6, 6.07) is 5.51. The van der Waals surface area contributed by atoms with Gasteiger partial charge in [0, 0.05) is 18.5 Å². The zero-order valence-electron chi connectivity index (χ0n) is 13.2. The number of carbonyl (C=O) groups excluding carboxylic acids is 1. The van der Waals surface area contributed by atoms with Gasteiger partial charge in [0.05, 0.1) is 25.7 Å². The molecule has 1 amide bonds. The van der Waals surface area contributed by atoms with Gasteiger partial charge in [-0.05, 0) is 37.5 Å². The van der Waals surface area contributed by atoms with E-state index < -0.39 is 0 Å². The lowest BCUT2D eigenvalue weighted by molar-refractivity contribution is -0.134. The lowest BCUT2D eigenvalue weighted by atomic mass is 9.95. The number of methoxy groups -OCH3 is 1. The fraction of sp³-hybridized carbons (Fsp3) is 0.529. The molecular formula is C17H20N2O4. The third-order valence-electron chi connectivity index (χ3n) is 5.05. The Morgan fingerprint density at radius 1 is 1.43 bits per heavy atom. The summed E-state index contributed by atoms with van der Waals surface area (Å²) >= 11 is 0. The molecule has 0 unspecified atom stereocenters. The highest BCUT2D eigenvalue weighted by Gasteiger charge is 2.46. The molecule has 1 spiro atoms. The minimum atomic E-state index is -0.0890. The quantitative estimate of drug-likeness (QED) is 0.868. The Kier molecular flexibility index (Phi) is 3.49. The maximum atomic E-state index is 12.8. The number of rotatable bonds is 3. The van der Waals surface area contributed by atoms with Crippen molar-refractivity contribution >= 4 is 16.9 Å². The van der Waals surface area contributed by atoms with E-state index in [0.29, 0.717) is 17.9 Å². The normalized spacial score (nSPS) is 24.0. The van der Waals surface area contributed by atoms with Crippen LogP contribution in [-0.4, -0.2) is 48.4 Å². The summed E-state index contributed by atoms with van der Waals surface area (Å²) in [4.78, 5) is 14.8. The van der Waals surface area contributed by atoms with Crippen molar-refractivity contribution in [2.24, 2.45) is 0 Å². The molecule has 2 saturated heterocycles. The van der Waals surface area contributed by atoms with Crippen LogP contribution in [-0.2, 0) is 16.0 Å². The first kappa shape index (κ1) is 14.5. The van der Waals surface area contributed by atoms with E-state index in [9.17, 15) is 4.79 Å². The van der Waals surface area contributed by atoms with Crippen molar-refractivity contribution in [2.75, 3.05) is 26.9 Å². The number of hydrogen-bond donors (Lipinski definition) is 0. The Labute approximate surface area is 134 Å². The third-order valence-corrected chi connectivity index (χ3v) is 5.05. The highest BCUT2D eigenvalue weighted by Crippen LogP contribution is 2.37. The maximum Gasteiger partial charge on any atom is 0.229 e. The van der Waals surface area contributed by atoms with Crippen molar-refractivity contribution in [2.45, 2.75) is 31.2 Å². The summed E-state index contributed by atoms with van der Waals surface area (Å²) in [6.45, 7) is 2.21. The first-order chi connectivity index (χ1) is 11.2. The van der Waals surface area contributed by atoms with E-state index in [2.05, 4.69) is 5.16 Å². The number of amides is 1. The van der Waals surface area contributed by atoms with Gasteiger partial charge < -0.3 is 18.9 Å². The van der Waals surface area contributed by atoms with Crippen molar-refractivity contribution < 1.29 is 18.8 Å². The second-order valence-corrected chi connectivity index (χ2v) is 6.34. The van der Waals surface area contributed by atoms with Gasteiger partial charge >= 0.3 is 0 Å². The largest absolute Gasteiger partial charge is 0.497 e. The topological polar surface area (TPSA) is 64.8 Å². The fourth-order valence-electron chi connectivity index (χ4n) is 3.79. The van der Waals surface area contributed by atoms with E-state index in [1.807, 2.05) is 23.1 Å². The van der Waals surface area contributed by atoms with Crippen LogP contribution in [0.15, 0.2) is 22.7 Å². The van der Waals surface area contributed by atoms with E-state index in [-0.39, 0.29) is 17.9 Å². The Morgan fingerprint density at radius 2 is 2.35 bits per heavy atom. The van der Waals surface area contributed by atoms with Crippen molar-refractivity contribution in [3.8, 4) is 5.75 Å². The molecule has 23 heavy (non-hydrogen) atoms. The van der Waals surface area contributed by atoms with E-state index in [4.69, 9.17) is 14.0 Å². The van der Waals surface area contributed by atoms with E-state index in [1.54, 1.807) is 7.11 Å². The van der Waals surface area contributed by atoms with Crippen LogP contribution in [0.25, 0.3) is 11.0 Å². The number of aromatic nitrogens is 1. The molecule has 1 aromatic heterocycles. The SMILES string of the molecule is COc1ccc2onc(CC(=O)N3CCC[C@@]34CCOC4)c2c1. The van der Waals surface area contributed by atoms with Crippen LogP contribution in [0.1, 0.15) is 25.0 Å². The second-order valence-electron chi connectivity index (χ2n) is 6.34. The van der Waals surface area contributed by atoms with Gasteiger partial charge in [0.2, 0.25) is 5.91 Å². The van der Waals surface area contributed by atoms with Gasteiger partial charge in [-0.3, -0.25) is 4.79 Å². The summed E-state index contributed by atoms with van der Waals surface area (Å²) in [6.07, 6.45) is 3.27. The molecule has 0 bridgehead atoms. The molecule has 6 heteroatoms. The minimum Gasteiger partial charge on any atom is -0.497 e. The first-order valence-electron chi connectivity index (χ1n) is 8.02. The lowest BCUT2D eigenvalue weighted by Crippen LogP contribution is -2.48. The van der Waals surface area contributed by atoms with Crippen LogP contribution < -0.4 is 4.74 Å². The number of nitrogens with zero attached hydrogens (tertiary/aromatic N) is 2. The Morgan fingerprint density at radius 3 is 3.13 bits per heavy atom. The number of benzene rings is 1. The van der Waals surface area contributed by atoms with Crippen molar-refractivity contribution in [1.82, 2.24) is 10.1 Å². The van der Waals surface area contributed by atoms with Gasteiger partial charge in [0.1, 0.15) is 11.4 Å². The van der Waals surface area contributed by atoms with Crippen molar-refractivity contribution in [3.63, 3.8) is 0 Å². The lowest BCUT2D eigenvalue weighted by Gasteiger charge is -2.33. The Hall–Kier alpha value is -2.08. The molecular weight excluding hydrogens is 296 g/mol. The molecule has 2 aromatic rings. The van der Waals surface area contributed by atoms with E-state index in [0.717, 1.165) is 43.5 Å². The van der Waals surface area contributed by atoms with Gasteiger partial charge in [-0.2, -0.15) is 0 Å². The molecule has 1 aromatic carbocycles. The molecule has 0 saturated carbocycles.